The molecule has 0 aromatic carbocycles. The van der Waals surface area contributed by atoms with Crippen LogP contribution in [0.3, 0.4) is 0 Å². The highest BCUT2D eigenvalue weighted by molar-refractivity contribution is 5.00. The summed E-state index contributed by atoms with van der Waals surface area (Å²) in [4.78, 5) is 0. The van der Waals surface area contributed by atoms with Gasteiger partial charge in [-0.1, -0.05) is 20.8 Å². The molecule has 1 saturated heterocycles. The van der Waals surface area contributed by atoms with Gasteiger partial charge in [0.25, 0.3) is 0 Å². The molecule has 0 aliphatic carbocycles. The molecule has 0 N–H and O–H groups in total. The van der Waals surface area contributed by atoms with Crippen LogP contribution in [0, 0.1) is 5.41 Å². The fraction of sp³-hybridized carbons (Fsp3) is 1.00. The maximum Gasteiger partial charge on any atom is 0.115 e. The van der Waals surface area contributed by atoms with Gasteiger partial charge >= 0.3 is 0 Å². The normalized spacial score (nSPS) is 31.3. The van der Waals surface area contributed by atoms with Gasteiger partial charge in [-0.15, -0.1) is 0 Å². The van der Waals surface area contributed by atoms with Crippen molar-refractivity contribution in [2.45, 2.75) is 98.4 Å². The van der Waals surface area contributed by atoms with Crippen LogP contribution in [0.15, 0.2) is 0 Å². The second-order valence-electron chi connectivity index (χ2n) is 8.66. The zero-order chi connectivity index (χ0) is 19.3. The van der Waals surface area contributed by atoms with E-state index < -0.39 is 0 Å². The third-order valence-electron chi connectivity index (χ3n) is 4.18. The topological polar surface area (TPSA) is 46.2 Å². The molecule has 1 heterocycles. The Balaban J connectivity index is 3.21. The molecule has 5 atom stereocenters. The standard InChI is InChI=1S/C20H40O5/c1-10-21-13-14-15(25-20(7,8)9)16(22-11-2)17(23-12-3)18(24-14)19(4,5)6/h14-18H,10-13H2,1-9H3/t14?,15-,16+,17-,18?/m1/s1. The molecule has 1 fully saturated rings. The molecule has 0 saturated carbocycles. The molecule has 2 unspecified atom stereocenters. The van der Waals surface area contributed by atoms with Crippen molar-refractivity contribution in [3.8, 4) is 0 Å². The molecular weight excluding hydrogens is 320 g/mol. The van der Waals surface area contributed by atoms with Gasteiger partial charge in [-0.2, -0.15) is 0 Å². The lowest BCUT2D eigenvalue weighted by Crippen LogP contribution is -2.65. The van der Waals surface area contributed by atoms with Crippen LogP contribution in [-0.4, -0.2) is 62.5 Å². The summed E-state index contributed by atoms with van der Waals surface area (Å²) in [7, 11) is 0. The van der Waals surface area contributed by atoms with Crippen molar-refractivity contribution in [1.82, 2.24) is 0 Å². The maximum absolute atomic E-state index is 6.50. The number of hydrogen-bond donors (Lipinski definition) is 0. The van der Waals surface area contributed by atoms with Crippen LogP contribution in [0.5, 0.6) is 0 Å². The van der Waals surface area contributed by atoms with Crippen molar-refractivity contribution in [1.29, 1.82) is 0 Å². The molecule has 5 nitrogen and oxygen atoms in total. The average molecular weight is 361 g/mol. The minimum Gasteiger partial charge on any atom is -0.379 e. The molecule has 25 heavy (non-hydrogen) atoms. The summed E-state index contributed by atoms with van der Waals surface area (Å²) in [5.41, 5.74) is -0.383. The molecule has 5 heteroatoms. The third kappa shape index (κ3) is 6.79. The van der Waals surface area contributed by atoms with Crippen LogP contribution in [-0.2, 0) is 23.7 Å². The van der Waals surface area contributed by atoms with Gasteiger partial charge in [-0.3, -0.25) is 0 Å². The van der Waals surface area contributed by atoms with E-state index >= 15 is 0 Å². The van der Waals surface area contributed by atoms with E-state index in [0.717, 1.165) is 0 Å². The summed E-state index contributed by atoms with van der Waals surface area (Å²) < 4.78 is 30.8. The quantitative estimate of drug-likeness (QED) is 0.658. The van der Waals surface area contributed by atoms with Gasteiger partial charge in [-0.05, 0) is 47.0 Å². The predicted molar refractivity (Wildman–Crippen MR) is 100 cm³/mol. The molecule has 150 valence electrons. The third-order valence-corrected chi connectivity index (χ3v) is 4.18. The van der Waals surface area contributed by atoms with Crippen LogP contribution >= 0.6 is 0 Å². The highest BCUT2D eigenvalue weighted by Crippen LogP contribution is 2.38. The van der Waals surface area contributed by atoms with Crippen molar-refractivity contribution in [2.24, 2.45) is 5.41 Å². The number of hydrogen-bond acceptors (Lipinski definition) is 5. The molecule has 1 rings (SSSR count). The summed E-state index contributed by atoms with van der Waals surface area (Å²) in [6, 6.07) is 0. The summed E-state index contributed by atoms with van der Waals surface area (Å²) in [5.74, 6) is 0. The highest BCUT2D eigenvalue weighted by Gasteiger charge is 2.52. The molecule has 0 radical (unpaired) electrons. The molecule has 0 amide bonds. The first-order valence-corrected chi connectivity index (χ1v) is 9.69. The fourth-order valence-electron chi connectivity index (χ4n) is 3.29. The van der Waals surface area contributed by atoms with Crippen molar-refractivity contribution < 1.29 is 23.7 Å². The van der Waals surface area contributed by atoms with Gasteiger partial charge in [0.15, 0.2) is 0 Å². The van der Waals surface area contributed by atoms with Gasteiger partial charge in [0.05, 0.1) is 18.3 Å². The lowest BCUT2D eigenvalue weighted by Gasteiger charge is -2.51. The summed E-state index contributed by atoms with van der Waals surface area (Å²) >= 11 is 0. The highest BCUT2D eigenvalue weighted by atomic mass is 16.6. The Hall–Kier alpha value is -0.200. The lowest BCUT2D eigenvalue weighted by molar-refractivity contribution is -0.294. The van der Waals surface area contributed by atoms with E-state index in [1.54, 1.807) is 0 Å². The van der Waals surface area contributed by atoms with E-state index in [1.807, 2.05) is 20.8 Å². The number of ether oxygens (including phenoxy) is 5. The van der Waals surface area contributed by atoms with Gasteiger partial charge in [-0.25, -0.2) is 0 Å². The molecule has 1 aliphatic heterocycles. The van der Waals surface area contributed by atoms with Crippen LogP contribution in [0.1, 0.15) is 62.3 Å². The van der Waals surface area contributed by atoms with Crippen LogP contribution in [0.2, 0.25) is 0 Å². The van der Waals surface area contributed by atoms with Crippen LogP contribution < -0.4 is 0 Å². The van der Waals surface area contributed by atoms with E-state index in [9.17, 15) is 0 Å². The minimum absolute atomic E-state index is 0.0770. The number of rotatable bonds is 8. The molecule has 1 aliphatic rings. The van der Waals surface area contributed by atoms with E-state index in [-0.39, 0.29) is 41.5 Å². The van der Waals surface area contributed by atoms with Crippen molar-refractivity contribution in [3.05, 3.63) is 0 Å². The van der Waals surface area contributed by atoms with E-state index in [1.165, 1.54) is 0 Å². The van der Waals surface area contributed by atoms with E-state index in [0.29, 0.717) is 26.4 Å². The Bertz CT molecular complexity index is 371. The summed E-state index contributed by atoms with van der Waals surface area (Å²) in [5, 5.41) is 0. The lowest BCUT2D eigenvalue weighted by atomic mass is 9.79. The largest absolute Gasteiger partial charge is 0.379 e. The summed E-state index contributed by atoms with van der Waals surface area (Å²) in [6.45, 7) is 21.1. The first kappa shape index (κ1) is 22.8. The SMILES string of the molecule is CCOCC1OC(C(C)(C)C)[C@H](OCC)[C@@H](OCC)[C@@H]1OC(C)(C)C. The maximum atomic E-state index is 6.50. The fourth-order valence-corrected chi connectivity index (χ4v) is 3.29. The smallest absolute Gasteiger partial charge is 0.115 e. The Morgan fingerprint density at radius 2 is 1.32 bits per heavy atom. The zero-order valence-electron chi connectivity index (χ0n) is 17.8. The van der Waals surface area contributed by atoms with Crippen molar-refractivity contribution in [3.63, 3.8) is 0 Å². The first-order valence-electron chi connectivity index (χ1n) is 9.69. The molecule has 0 aromatic rings. The first-order chi connectivity index (χ1) is 11.5. The van der Waals surface area contributed by atoms with Crippen LogP contribution in [0.25, 0.3) is 0 Å². The Kier molecular flexibility index (Phi) is 8.82. The molecule has 0 aromatic heterocycles. The van der Waals surface area contributed by atoms with Gasteiger partial charge in [0.2, 0.25) is 0 Å². The average Bonchev–Trinajstić information content (AvgIpc) is 2.47. The molecule has 0 spiro atoms. The second kappa shape index (κ2) is 9.65. The predicted octanol–water partition coefficient (Wildman–Crippen LogP) is 3.83. The van der Waals surface area contributed by atoms with Gasteiger partial charge < -0.3 is 23.7 Å². The Labute approximate surface area is 154 Å². The van der Waals surface area contributed by atoms with Gasteiger partial charge in [0.1, 0.15) is 24.4 Å². The zero-order valence-corrected chi connectivity index (χ0v) is 17.8. The van der Waals surface area contributed by atoms with E-state index in [4.69, 9.17) is 23.7 Å². The van der Waals surface area contributed by atoms with Crippen molar-refractivity contribution >= 4 is 0 Å². The summed E-state index contributed by atoms with van der Waals surface area (Å²) in [6.07, 6.45) is -0.865. The minimum atomic E-state index is -0.306. The second-order valence-corrected chi connectivity index (χ2v) is 8.66. The Morgan fingerprint density at radius 1 is 0.760 bits per heavy atom. The van der Waals surface area contributed by atoms with Gasteiger partial charge in [0, 0.05) is 19.8 Å². The van der Waals surface area contributed by atoms with Crippen molar-refractivity contribution in [2.75, 3.05) is 26.4 Å². The van der Waals surface area contributed by atoms with Crippen LogP contribution in [0.4, 0.5) is 0 Å². The molecule has 0 bridgehead atoms. The Morgan fingerprint density at radius 3 is 1.76 bits per heavy atom. The van der Waals surface area contributed by atoms with E-state index in [2.05, 4.69) is 41.5 Å². The molecular formula is C20H40O5. The monoisotopic (exact) mass is 360 g/mol.